The van der Waals surface area contributed by atoms with Crippen LogP contribution in [0, 0.1) is 6.92 Å². The van der Waals surface area contributed by atoms with Crippen LogP contribution in [0.4, 0.5) is 0 Å². The maximum Gasteiger partial charge on any atom is 0.253 e. The van der Waals surface area contributed by atoms with E-state index < -0.39 is 0 Å². The van der Waals surface area contributed by atoms with Gasteiger partial charge in [-0.2, -0.15) is 0 Å². The van der Waals surface area contributed by atoms with Crippen molar-refractivity contribution in [3.8, 4) is 11.5 Å². The van der Waals surface area contributed by atoms with Gasteiger partial charge in [0.25, 0.3) is 5.91 Å². The molecular formula is C22H23ClN2O4. The van der Waals surface area contributed by atoms with Gasteiger partial charge in [-0.3, -0.25) is 9.59 Å². The summed E-state index contributed by atoms with van der Waals surface area (Å²) in [6, 6.07) is 11.1. The van der Waals surface area contributed by atoms with Crippen LogP contribution in [-0.2, 0) is 11.2 Å². The van der Waals surface area contributed by atoms with E-state index in [0.29, 0.717) is 61.5 Å². The maximum absolute atomic E-state index is 12.7. The highest BCUT2D eigenvalue weighted by molar-refractivity contribution is 6.32. The highest BCUT2D eigenvalue weighted by Crippen LogP contribution is 2.38. The van der Waals surface area contributed by atoms with E-state index in [0.717, 1.165) is 11.1 Å². The number of rotatable bonds is 3. The fourth-order valence-electron chi connectivity index (χ4n) is 3.59. The number of halogens is 1. The van der Waals surface area contributed by atoms with E-state index in [1.807, 2.05) is 37.3 Å². The highest BCUT2D eigenvalue weighted by atomic mass is 35.5. The Hall–Kier alpha value is -2.73. The summed E-state index contributed by atoms with van der Waals surface area (Å²) in [6.07, 6.45) is 0.238. The van der Waals surface area contributed by atoms with Gasteiger partial charge < -0.3 is 19.3 Å². The minimum absolute atomic E-state index is 0.00992. The van der Waals surface area contributed by atoms with Crippen LogP contribution in [0.15, 0.2) is 36.4 Å². The summed E-state index contributed by atoms with van der Waals surface area (Å²) in [5.74, 6) is 1.15. The molecule has 0 N–H and O–H groups in total. The summed E-state index contributed by atoms with van der Waals surface area (Å²) < 4.78 is 11.1. The van der Waals surface area contributed by atoms with Crippen molar-refractivity contribution in [2.45, 2.75) is 13.3 Å². The van der Waals surface area contributed by atoms with E-state index in [2.05, 4.69) is 0 Å². The third-order valence-corrected chi connectivity index (χ3v) is 5.51. The molecule has 0 aromatic heterocycles. The SMILES string of the molecule is Cc1ccc(C(=O)N2CCN(C(=O)Cc3cc(Cl)c4c(c3)OCCO4)CC2)cc1. The predicted molar refractivity (Wildman–Crippen MR) is 110 cm³/mol. The van der Waals surface area contributed by atoms with Gasteiger partial charge in [0.05, 0.1) is 11.4 Å². The molecule has 6 nitrogen and oxygen atoms in total. The second-order valence-corrected chi connectivity index (χ2v) is 7.72. The number of ether oxygens (including phenoxy) is 2. The van der Waals surface area contributed by atoms with E-state index in [1.54, 1.807) is 15.9 Å². The first-order valence-electron chi connectivity index (χ1n) is 9.73. The van der Waals surface area contributed by atoms with Crippen molar-refractivity contribution in [3.05, 3.63) is 58.1 Å². The molecule has 0 unspecified atom stereocenters. The predicted octanol–water partition coefficient (Wildman–Crippen LogP) is 2.95. The quantitative estimate of drug-likeness (QED) is 0.774. The van der Waals surface area contributed by atoms with E-state index in [-0.39, 0.29) is 18.2 Å². The molecule has 2 aliphatic heterocycles. The van der Waals surface area contributed by atoms with Gasteiger partial charge in [0, 0.05) is 31.7 Å². The van der Waals surface area contributed by atoms with Crippen LogP contribution < -0.4 is 9.47 Å². The molecule has 2 amide bonds. The number of hydrogen-bond donors (Lipinski definition) is 0. The van der Waals surface area contributed by atoms with E-state index in [1.165, 1.54) is 0 Å². The van der Waals surface area contributed by atoms with Gasteiger partial charge in [-0.05, 0) is 36.8 Å². The number of hydrogen-bond acceptors (Lipinski definition) is 4. The summed E-state index contributed by atoms with van der Waals surface area (Å²) in [6.45, 7) is 5.03. The summed E-state index contributed by atoms with van der Waals surface area (Å²) in [5, 5.41) is 0.457. The fraction of sp³-hybridized carbons (Fsp3) is 0.364. The average Bonchev–Trinajstić information content (AvgIpc) is 2.74. The maximum atomic E-state index is 12.7. The van der Waals surface area contributed by atoms with Crippen molar-refractivity contribution in [2.75, 3.05) is 39.4 Å². The van der Waals surface area contributed by atoms with Crippen LogP contribution in [0.2, 0.25) is 5.02 Å². The first-order chi connectivity index (χ1) is 14.0. The summed E-state index contributed by atoms with van der Waals surface area (Å²) in [5.41, 5.74) is 2.60. The molecule has 0 radical (unpaired) electrons. The van der Waals surface area contributed by atoms with Crippen LogP contribution in [0.25, 0.3) is 0 Å². The molecule has 0 atom stereocenters. The number of benzene rings is 2. The Morgan fingerprint density at radius 2 is 1.62 bits per heavy atom. The van der Waals surface area contributed by atoms with E-state index in [9.17, 15) is 9.59 Å². The number of piperazine rings is 1. The minimum Gasteiger partial charge on any atom is -0.486 e. The molecule has 4 rings (SSSR count). The van der Waals surface area contributed by atoms with Gasteiger partial charge in [-0.25, -0.2) is 0 Å². The summed E-state index contributed by atoms with van der Waals surface area (Å²) >= 11 is 6.26. The lowest BCUT2D eigenvalue weighted by Gasteiger charge is -2.35. The third-order valence-electron chi connectivity index (χ3n) is 5.23. The fourth-order valence-corrected chi connectivity index (χ4v) is 3.88. The zero-order valence-electron chi connectivity index (χ0n) is 16.3. The zero-order valence-corrected chi connectivity index (χ0v) is 17.1. The van der Waals surface area contributed by atoms with Gasteiger partial charge in [0.15, 0.2) is 11.5 Å². The lowest BCUT2D eigenvalue weighted by molar-refractivity contribution is -0.131. The Kier molecular flexibility index (Phi) is 5.62. The Morgan fingerprint density at radius 1 is 0.966 bits per heavy atom. The molecule has 2 aromatic carbocycles. The van der Waals surface area contributed by atoms with Crippen molar-refractivity contribution in [1.82, 2.24) is 9.80 Å². The molecule has 0 aliphatic carbocycles. The zero-order chi connectivity index (χ0) is 20.4. The highest BCUT2D eigenvalue weighted by Gasteiger charge is 2.25. The molecule has 1 saturated heterocycles. The normalized spacial score (nSPS) is 15.9. The lowest BCUT2D eigenvalue weighted by atomic mass is 10.1. The van der Waals surface area contributed by atoms with Crippen LogP contribution in [0.5, 0.6) is 11.5 Å². The number of carbonyl (C=O) groups is 2. The molecular weight excluding hydrogens is 392 g/mol. The standard InChI is InChI=1S/C22H23ClN2O4/c1-15-2-4-17(5-3-15)22(27)25-8-6-24(7-9-25)20(26)14-16-12-18(23)21-19(13-16)28-10-11-29-21/h2-5,12-13H,6-11,14H2,1H3. The lowest BCUT2D eigenvalue weighted by Crippen LogP contribution is -2.51. The van der Waals surface area contributed by atoms with Gasteiger partial charge in [0.1, 0.15) is 13.2 Å². The van der Waals surface area contributed by atoms with Crippen molar-refractivity contribution >= 4 is 23.4 Å². The molecule has 0 saturated carbocycles. The van der Waals surface area contributed by atoms with E-state index >= 15 is 0 Å². The number of aryl methyl sites for hydroxylation is 1. The third kappa shape index (κ3) is 4.32. The van der Waals surface area contributed by atoms with Gasteiger partial charge >= 0.3 is 0 Å². The van der Waals surface area contributed by atoms with Gasteiger partial charge in [-0.15, -0.1) is 0 Å². The largest absolute Gasteiger partial charge is 0.486 e. The Morgan fingerprint density at radius 3 is 2.34 bits per heavy atom. The van der Waals surface area contributed by atoms with Crippen molar-refractivity contribution in [2.24, 2.45) is 0 Å². The molecule has 0 bridgehead atoms. The van der Waals surface area contributed by atoms with Crippen molar-refractivity contribution < 1.29 is 19.1 Å². The Bertz CT molecular complexity index is 921. The molecule has 2 aromatic rings. The molecule has 1 fully saturated rings. The van der Waals surface area contributed by atoms with Crippen molar-refractivity contribution in [1.29, 1.82) is 0 Å². The van der Waals surface area contributed by atoms with Gasteiger partial charge in [0.2, 0.25) is 5.91 Å². The first-order valence-corrected chi connectivity index (χ1v) is 10.1. The van der Waals surface area contributed by atoms with Crippen LogP contribution in [0.1, 0.15) is 21.5 Å². The monoisotopic (exact) mass is 414 g/mol. The van der Waals surface area contributed by atoms with Crippen LogP contribution in [-0.4, -0.2) is 61.0 Å². The molecule has 0 spiro atoms. The second kappa shape index (κ2) is 8.33. The van der Waals surface area contributed by atoms with Gasteiger partial charge in [-0.1, -0.05) is 29.3 Å². The smallest absolute Gasteiger partial charge is 0.253 e. The molecule has 29 heavy (non-hydrogen) atoms. The van der Waals surface area contributed by atoms with E-state index in [4.69, 9.17) is 21.1 Å². The minimum atomic E-state index is 0.00992. The number of fused-ring (bicyclic) bond motifs is 1. The topological polar surface area (TPSA) is 59.1 Å². The second-order valence-electron chi connectivity index (χ2n) is 7.32. The molecule has 152 valence electrons. The van der Waals surface area contributed by atoms with Crippen LogP contribution in [0.3, 0.4) is 0 Å². The molecule has 7 heteroatoms. The molecule has 2 aliphatic rings. The number of nitrogens with zero attached hydrogens (tertiary/aromatic N) is 2. The average molecular weight is 415 g/mol. The Labute approximate surface area is 174 Å². The number of amides is 2. The van der Waals surface area contributed by atoms with Crippen molar-refractivity contribution in [3.63, 3.8) is 0 Å². The first kappa shape index (κ1) is 19.6. The van der Waals surface area contributed by atoms with Crippen LogP contribution >= 0.6 is 11.6 Å². The summed E-state index contributed by atoms with van der Waals surface area (Å²) in [7, 11) is 0. The Balaban J connectivity index is 1.35. The summed E-state index contributed by atoms with van der Waals surface area (Å²) in [4.78, 5) is 29.0. The molecule has 2 heterocycles. The number of carbonyl (C=O) groups excluding carboxylic acids is 2.